The molecule has 4 aromatic rings. The predicted octanol–water partition coefficient (Wildman–Crippen LogP) is 3.73. The molecule has 1 amide bonds. The Balaban J connectivity index is 1.47. The number of nitrogens with zero attached hydrogens (tertiary/aromatic N) is 3. The van der Waals surface area contributed by atoms with E-state index in [0.717, 1.165) is 10.9 Å². The van der Waals surface area contributed by atoms with Crippen LogP contribution >= 0.6 is 11.6 Å². The third-order valence-electron chi connectivity index (χ3n) is 6.55. The third-order valence-corrected chi connectivity index (χ3v) is 6.78. The number of furan rings is 1. The molecule has 1 aliphatic heterocycles. The monoisotopic (exact) mass is 552 g/mol. The van der Waals surface area contributed by atoms with E-state index in [1.54, 1.807) is 43.5 Å². The average Bonchev–Trinajstić information content (AvgIpc) is 3.37. The number of aromatic nitrogens is 2. The number of rotatable bonds is 8. The predicted molar refractivity (Wildman–Crippen MR) is 148 cm³/mol. The number of morpholine rings is 1. The molecule has 0 unspecified atom stereocenters. The van der Waals surface area contributed by atoms with Crippen molar-refractivity contribution in [2.75, 3.05) is 57.3 Å². The van der Waals surface area contributed by atoms with E-state index in [2.05, 4.69) is 15.3 Å². The Morgan fingerprint density at radius 3 is 2.64 bits per heavy atom. The van der Waals surface area contributed by atoms with Gasteiger partial charge in [-0.3, -0.25) is 4.79 Å². The van der Waals surface area contributed by atoms with Gasteiger partial charge in [0, 0.05) is 47.4 Å². The Kier molecular flexibility index (Phi) is 7.62. The summed E-state index contributed by atoms with van der Waals surface area (Å²) in [5, 5.41) is 4.65. The molecule has 2 aromatic heterocycles. The molecular weight excluding hydrogens is 524 g/mol. The van der Waals surface area contributed by atoms with Crippen LogP contribution in [0.1, 0.15) is 27.2 Å². The quantitative estimate of drug-likeness (QED) is 0.295. The van der Waals surface area contributed by atoms with E-state index >= 15 is 0 Å². The maximum absolute atomic E-state index is 13.2. The number of ether oxygens (including phenoxy) is 3. The van der Waals surface area contributed by atoms with Gasteiger partial charge >= 0.3 is 0 Å². The first-order valence-electron chi connectivity index (χ1n) is 12.3. The van der Waals surface area contributed by atoms with Crippen LogP contribution in [0, 0.1) is 0 Å². The average molecular weight is 553 g/mol. The fourth-order valence-corrected chi connectivity index (χ4v) is 4.76. The highest BCUT2D eigenvalue weighted by atomic mass is 35.5. The minimum Gasteiger partial charge on any atom is -0.493 e. The third kappa shape index (κ3) is 5.50. The smallest absolute Gasteiger partial charge is 0.256 e. The lowest BCUT2D eigenvalue weighted by Crippen LogP contribution is -2.40. The summed E-state index contributed by atoms with van der Waals surface area (Å²) in [4.78, 5) is 23.1. The summed E-state index contributed by atoms with van der Waals surface area (Å²) in [6, 6.07) is 8.96. The zero-order valence-corrected chi connectivity index (χ0v) is 22.4. The summed E-state index contributed by atoms with van der Waals surface area (Å²) in [7, 11) is 3.12. The summed E-state index contributed by atoms with van der Waals surface area (Å²) in [5.41, 5.74) is 15.0. The second kappa shape index (κ2) is 11.3. The van der Waals surface area contributed by atoms with Gasteiger partial charge in [0.05, 0.1) is 39.5 Å². The molecule has 1 saturated heterocycles. The van der Waals surface area contributed by atoms with Gasteiger partial charge in [-0.25, -0.2) is 4.98 Å². The van der Waals surface area contributed by atoms with Gasteiger partial charge in [-0.2, -0.15) is 4.98 Å². The number of hydrogen-bond donors (Lipinski definition) is 3. The highest BCUT2D eigenvalue weighted by molar-refractivity contribution is 6.31. The number of carbonyl (C=O) groups is 1. The first kappa shape index (κ1) is 26.4. The molecule has 11 nitrogen and oxygen atoms in total. The zero-order valence-electron chi connectivity index (χ0n) is 21.6. The Morgan fingerprint density at radius 2 is 1.92 bits per heavy atom. The first-order valence-corrected chi connectivity index (χ1v) is 12.7. The van der Waals surface area contributed by atoms with Crippen molar-refractivity contribution >= 4 is 45.9 Å². The summed E-state index contributed by atoms with van der Waals surface area (Å²) < 4.78 is 22.8. The van der Waals surface area contributed by atoms with E-state index in [1.165, 1.54) is 0 Å². The molecule has 0 aliphatic carbocycles. The Labute approximate surface area is 230 Å². The zero-order chi connectivity index (χ0) is 27.5. The lowest BCUT2D eigenvalue weighted by molar-refractivity contribution is 0.0303. The van der Waals surface area contributed by atoms with Crippen LogP contribution in [-0.4, -0.2) is 61.3 Å². The van der Waals surface area contributed by atoms with Gasteiger partial charge in [-0.15, -0.1) is 0 Å². The second-order valence-electron chi connectivity index (χ2n) is 8.99. The summed E-state index contributed by atoms with van der Waals surface area (Å²) in [5.74, 6) is 1.92. The van der Waals surface area contributed by atoms with Crippen molar-refractivity contribution in [1.82, 2.24) is 14.9 Å². The molecule has 0 radical (unpaired) electrons. The van der Waals surface area contributed by atoms with E-state index in [-0.39, 0.29) is 18.4 Å². The molecule has 0 spiro atoms. The van der Waals surface area contributed by atoms with Crippen molar-refractivity contribution in [1.29, 1.82) is 0 Å². The van der Waals surface area contributed by atoms with Crippen LogP contribution in [0.25, 0.3) is 11.0 Å². The van der Waals surface area contributed by atoms with Crippen LogP contribution in [0.3, 0.4) is 0 Å². The normalized spacial score (nSPS) is 13.5. The summed E-state index contributed by atoms with van der Waals surface area (Å²) in [6.07, 6.45) is 2.02. The number of anilines is 3. The molecule has 0 atom stereocenters. The van der Waals surface area contributed by atoms with Gasteiger partial charge in [-0.1, -0.05) is 11.6 Å². The van der Waals surface area contributed by atoms with Gasteiger partial charge in [0.25, 0.3) is 5.91 Å². The van der Waals surface area contributed by atoms with Gasteiger partial charge < -0.3 is 40.3 Å². The van der Waals surface area contributed by atoms with Gasteiger partial charge in [-0.05, 0) is 35.9 Å². The standard InChI is InChI=1S/C27H29ClN6O5/c1-36-22-10-15(9-16-13-32-27(30)33-25(16)29)20-12-18(39-23(20)24(22)37-2)14-31-21-11-17(28)3-4-19(21)26(35)34-5-7-38-8-6-34/h3-4,10-13,31H,5-9,14H2,1-2H3,(H4,29,30,32,33). The number of halogens is 1. The lowest BCUT2D eigenvalue weighted by Gasteiger charge is -2.27. The van der Waals surface area contributed by atoms with Crippen LogP contribution in [0.15, 0.2) is 40.9 Å². The molecule has 0 bridgehead atoms. The number of nitrogen functional groups attached to an aromatic ring is 2. The maximum Gasteiger partial charge on any atom is 0.256 e. The van der Waals surface area contributed by atoms with Crippen molar-refractivity contribution in [3.05, 3.63) is 64.0 Å². The van der Waals surface area contributed by atoms with Crippen LogP contribution < -0.4 is 26.3 Å². The molecular formula is C27H29ClN6O5. The van der Waals surface area contributed by atoms with Gasteiger partial charge in [0.1, 0.15) is 11.6 Å². The number of methoxy groups -OCH3 is 2. The second-order valence-corrected chi connectivity index (χ2v) is 9.43. The number of fused-ring (bicyclic) bond motifs is 1. The van der Waals surface area contributed by atoms with E-state index in [1.807, 2.05) is 12.1 Å². The van der Waals surface area contributed by atoms with Crippen LogP contribution in [-0.2, 0) is 17.7 Å². The van der Waals surface area contributed by atoms with Gasteiger partial charge in [0.15, 0.2) is 11.3 Å². The highest BCUT2D eigenvalue weighted by Crippen LogP contribution is 2.41. The Morgan fingerprint density at radius 1 is 1.13 bits per heavy atom. The molecule has 0 saturated carbocycles. The molecule has 204 valence electrons. The lowest BCUT2D eigenvalue weighted by atomic mass is 10.0. The van der Waals surface area contributed by atoms with Crippen LogP contribution in [0.4, 0.5) is 17.5 Å². The van der Waals surface area contributed by atoms with Crippen molar-refractivity contribution in [3.8, 4) is 11.5 Å². The topological polar surface area (TPSA) is 151 Å². The van der Waals surface area contributed by atoms with E-state index in [9.17, 15) is 4.79 Å². The van der Waals surface area contributed by atoms with E-state index < -0.39 is 0 Å². The summed E-state index contributed by atoms with van der Waals surface area (Å²) >= 11 is 6.28. The number of carbonyl (C=O) groups excluding carboxylic acids is 1. The Bertz CT molecular complexity index is 1520. The molecule has 2 aromatic carbocycles. The van der Waals surface area contributed by atoms with Crippen molar-refractivity contribution < 1.29 is 23.4 Å². The molecule has 5 N–H and O–H groups in total. The fraction of sp³-hybridized carbons (Fsp3) is 0.296. The maximum atomic E-state index is 13.2. The van der Waals surface area contributed by atoms with E-state index in [0.29, 0.717) is 83.2 Å². The van der Waals surface area contributed by atoms with Gasteiger partial charge in [0.2, 0.25) is 11.7 Å². The Hall–Kier alpha value is -4.22. The molecule has 1 aliphatic rings. The number of benzene rings is 2. The van der Waals surface area contributed by atoms with Crippen LogP contribution in [0.5, 0.6) is 11.5 Å². The summed E-state index contributed by atoms with van der Waals surface area (Å²) in [6.45, 7) is 2.40. The largest absolute Gasteiger partial charge is 0.493 e. The number of amides is 1. The van der Waals surface area contributed by atoms with E-state index in [4.69, 9.17) is 41.7 Å². The number of hydrogen-bond acceptors (Lipinski definition) is 10. The minimum absolute atomic E-state index is 0.0842. The first-order chi connectivity index (χ1) is 18.9. The van der Waals surface area contributed by atoms with Crippen molar-refractivity contribution in [2.45, 2.75) is 13.0 Å². The fourth-order valence-electron chi connectivity index (χ4n) is 4.58. The number of nitrogens with one attached hydrogen (secondary N) is 1. The molecule has 5 rings (SSSR count). The molecule has 39 heavy (non-hydrogen) atoms. The molecule has 3 heterocycles. The van der Waals surface area contributed by atoms with Crippen LogP contribution in [0.2, 0.25) is 5.02 Å². The van der Waals surface area contributed by atoms with Crippen molar-refractivity contribution in [2.24, 2.45) is 0 Å². The SMILES string of the molecule is COc1cc(Cc2cnc(N)nc2N)c2cc(CNc3cc(Cl)ccc3C(=O)N3CCOCC3)oc2c1OC. The molecule has 1 fully saturated rings. The molecule has 12 heteroatoms. The number of nitrogens with two attached hydrogens (primary N) is 2. The van der Waals surface area contributed by atoms with Crippen molar-refractivity contribution in [3.63, 3.8) is 0 Å². The highest BCUT2D eigenvalue weighted by Gasteiger charge is 2.23. The minimum atomic E-state index is -0.0842.